The van der Waals surface area contributed by atoms with Crippen molar-refractivity contribution in [3.05, 3.63) is 29.8 Å². The van der Waals surface area contributed by atoms with Crippen molar-refractivity contribution in [2.45, 2.75) is 12.4 Å². The maximum absolute atomic E-state index is 12.4. The SMILES string of the molecule is CSCON=C(C)c1ccccc1NS(=O)(=O)C(F)(F)F. The maximum atomic E-state index is 12.4. The molecule has 0 aliphatic rings. The molecule has 0 heterocycles. The van der Waals surface area contributed by atoms with Crippen molar-refractivity contribution in [1.82, 2.24) is 0 Å². The monoisotopic (exact) mass is 342 g/mol. The summed E-state index contributed by atoms with van der Waals surface area (Å²) in [5, 5.41) is 3.72. The number of nitrogens with zero attached hydrogens (tertiary/aromatic N) is 1. The Morgan fingerprint density at radius 3 is 2.57 bits per heavy atom. The van der Waals surface area contributed by atoms with E-state index >= 15 is 0 Å². The molecule has 21 heavy (non-hydrogen) atoms. The van der Waals surface area contributed by atoms with Crippen LogP contribution in [0.3, 0.4) is 0 Å². The van der Waals surface area contributed by atoms with Crippen LogP contribution in [0.5, 0.6) is 0 Å². The van der Waals surface area contributed by atoms with Crippen molar-refractivity contribution >= 4 is 33.2 Å². The van der Waals surface area contributed by atoms with Crippen LogP contribution in [-0.4, -0.2) is 31.8 Å². The molecule has 0 fully saturated rings. The van der Waals surface area contributed by atoms with Crippen LogP contribution in [0.1, 0.15) is 12.5 Å². The first kappa shape index (κ1) is 17.6. The number of sulfonamides is 1. The van der Waals surface area contributed by atoms with E-state index in [0.29, 0.717) is 0 Å². The molecule has 1 rings (SSSR count). The van der Waals surface area contributed by atoms with Crippen molar-refractivity contribution in [1.29, 1.82) is 0 Å². The van der Waals surface area contributed by atoms with Gasteiger partial charge < -0.3 is 4.84 Å². The summed E-state index contributed by atoms with van der Waals surface area (Å²) in [6.07, 6.45) is 1.79. The normalized spacial score (nSPS) is 13.1. The van der Waals surface area contributed by atoms with E-state index in [1.165, 1.54) is 41.6 Å². The number of oxime groups is 1. The Morgan fingerprint density at radius 2 is 2.00 bits per heavy atom. The average Bonchev–Trinajstić information content (AvgIpc) is 2.37. The fourth-order valence-electron chi connectivity index (χ4n) is 1.32. The molecule has 0 spiro atoms. The minimum absolute atomic E-state index is 0.200. The number of para-hydroxylation sites is 1. The predicted octanol–water partition coefficient (Wildman–Crippen LogP) is 3.01. The van der Waals surface area contributed by atoms with Gasteiger partial charge in [-0.1, -0.05) is 23.4 Å². The van der Waals surface area contributed by atoms with Gasteiger partial charge in [-0.2, -0.15) is 21.6 Å². The van der Waals surface area contributed by atoms with Gasteiger partial charge in [-0.3, -0.25) is 4.72 Å². The van der Waals surface area contributed by atoms with Crippen molar-refractivity contribution in [2.24, 2.45) is 5.16 Å². The van der Waals surface area contributed by atoms with Gasteiger partial charge in [0.2, 0.25) is 0 Å². The molecular formula is C11H13F3N2O3S2. The minimum Gasteiger partial charge on any atom is -0.385 e. The number of rotatable bonds is 6. The second-order valence-corrected chi connectivity index (χ2v) is 6.30. The summed E-state index contributed by atoms with van der Waals surface area (Å²) < 4.78 is 61.0. The van der Waals surface area contributed by atoms with Crippen LogP contribution < -0.4 is 4.72 Å². The van der Waals surface area contributed by atoms with Crippen molar-refractivity contribution in [3.63, 3.8) is 0 Å². The lowest BCUT2D eigenvalue weighted by Gasteiger charge is -2.13. The molecule has 0 atom stereocenters. The summed E-state index contributed by atoms with van der Waals surface area (Å²) in [7, 11) is -5.48. The molecule has 0 unspecified atom stereocenters. The number of halogens is 3. The number of thioether (sulfide) groups is 1. The molecule has 1 N–H and O–H groups in total. The molecular weight excluding hydrogens is 329 g/mol. The summed E-state index contributed by atoms with van der Waals surface area (Å²) in [5.74, 6) is 0.272. The van der Waals surface area contributed by atoms with E-state index in [-0.39, 0.29) is 22.9 Å². The van der Waals surface area contributed by atoms with Crippen LogP contribution >= 0.6 is 11.8 Å². The first-order valence-electron chi connectivity index (χ1n) is 5.53. The fourth-order valence-corrected chi connectivity index (χ4v) is 2.06. The molecule has 0 radical (unpaired) electrons. The van der Waals surface area contributed by atoms with Crippen LogP contribution in [0, 0.1) is 0 Å². The van der Waals surface area contributed by atoms with Crippen molar-refractivity contribution < 1.29 is 26.4 Å². The van der Waals surface area contributed by atoms with Crippen molar-refractivity contribution in [2.75, 3.05) is 16.9 Å². The largest absolute Gasteiger partial charge is 0.516 e. The van der Waals surface area contributed by atoms with Crippen LogP contribution in [0.2, 0.25) is 0 Å². The standard InChI is InChI=1S/C11H13F3N2O3S2/c1-8(15-19-7-20-2)9-5-3-4-6-10(9)16-21(17,18)11(12,13)14/h3-6,16H,7H2,1-2H3. The first-order chi connectivity index (χ1) is 9.69. The maximum Gasteiger partial charge on any atom is 0.516 e. The topological polar surface area (TPSA) is 67.8 Å². The van der Waals surface area contributed by atoms with Crippen molar-refractivity contribution in [3.8, 4) is 0 Å². The molecule has 0 aliphatic carbocycles. The molecule has 118 valence electrons. The van der Waals surface area contributed by atoms with Gasteiger partial charge in [0, 0.05) is 5.56 Å². The van der Waals surface area contributed by atoms with E-state index in [2.05, 4.69) is 5.16 Å². The highest BCUT2D eigenvalue weighted by Gasteiger charge is 2.46. The van der Waals surface area contributed by atoms with E-state index in [4.69, 9.17) is 4.84 Å². The van der Waals surface area contributed by atoms with E-state index in [1.807, 2.05) is 0 Å². The number of alkyl halides is 3. The average molecular weight is 342 g/mol. The van der Waals surface area contributed by atoms with Crippen LogP contribution in [0.4, 0.5) is 18.9 Å². The zero-order chi connectivity index (χ0) is 16.1. The van der Waals surface area contributed by atoms with E-state index < -0.39 is 15.5 Å². The summed E-state index contributed by atoms with van der Waals surface area (Å²) in [4.78, 5) is 4.90. The molecule has 0 aliphatic heterocycles. The van der Waals surface area contributed by atoms with Gasteiger partial charge in [0.15, 0.2) is 5.94 Å². The third-order valence-electron chi connectivity index (χ3n) is 2.24. The second kappa shape index (κ2) is 7.03. The Bertz CT molecular complexity index is 615. The third kappa shape index (κ3) is 4.81. The lowest BCUT2D eigenvalue weighted by Crippen LogP contribution is -2.30. The smallest absolute Gasteiger partial charge is 0.385 e. The quantitative estimate of drug-likeness (QED) is 0.373. The van der Waals surface area contributed by atoms with E-state index in [0.717, 1.165) is 0 Å². The Morgan fingerprint density at radius 1 is 1.38 bits per heavy atom. The molecule has 0 aromatic heterocycles. The Labute approximate surface area is 124 Å². The first-order valence-corrected chi connectivity index (χ1v) is 8.40. The number of anilines is 1. The third-order valence-corrected chi connectivity index (χ3v) is 3.68. The lowest BCUT2D eigenvalue weighted by atomic mass is 10.1. The van der Waals surface area contributed by atoms with Gasteiger partial charge in [0.1, 0.15) is 0 Å². The molecule has 1 aromatic rings. The van der Waals surface area contributed by atoms with Gasteiger partial charge >= 0.3 is 15.5 Å². The Balaban J connectivity index is 3.09. The number of hydrogen-bond donors (Lipinski definition) is 1. The zero-order valence-electron chi connectivity index (χ0n) is 11.1. The Hall–Kier alpha value is -1.42. The zero-order valence-corrected chi connectivity index (χ0v) is 12.8. The van der Waals surface area contributed by atoms with Gasteiger partial charge in [0.25, 0.3) is 0 Å². The van der Waals surface area contributed by atoms with Gasteiger partial charge in [0.05, 0.1) is 11.4 Å². The number of benzene rings is 1. The number of nitrogens with one attached hydrogen (secondary N) is 1. The highest BCUT2D eigenvalue weighted by Crippen LogP contribution is 2.27. The van der Waals surface area contributed by atoms with Crippen LogP contribution in [0.25, 0.3) is 0 Å². The van der Waals surface area contributed by atoms with Gasteiger partial charge in [-0.25, -0.2) is 0 Å². The number of hydrogen-bond acceptors (Lipinski definition) is 5. The minimum atomic E-state index is -5.48. The summed E-state index contributed by atoms with van der Waals surface area (Å²) in [6, 6.07) is 5.61. The summed E-state index contributed by atoms with van der Waals surface area (Å²) in [5.41, 5.74) is -5.15. The molecule has 0 bridgehead atoms. The second-order valence-electron chi connectivity index (χ2n) is 3.81. The highest BCUT2D eigenvalue weighted by molar-refractivity contribution is 7.98. The van der Waals surface area contributed by atoms with Gasteiger partial charge in [-0.15, -0.1) is 11.8 Å². The van der Waals surface area contributed by atoms with Gasteiger partial charge in [-0.05, 0) is 19.2 Å². The molecule has 0 saturated carbocycles. The predicted molar refractivity (Wildman–Crippen MR) is 76.7 cm³/mol. The summed E-state index contributed by atoms with van der Waals surface area (Å²) >= 11 is 1.37. The molecule has 0 amide bonds. The van der Waals surface area contributed by atoms with Crippen LogP contribution in [-0.2, 0) is 14.9 Å². The Kier molecular flexibility index (Phi) is 5.90. The van der Waals surface area contributed by atoms with E-state index in [9.17, 15) is 21.6 Å². The molecule has 1 aromatic carbocycles. The molecule has 5 nitrogen and oxygen atoms in total. The highest BCUT2D eigenvalue weighted by atomic mass is 32.2. The molecule has 0 saturated heterocycles. The lowest BCUT2D eigenvalue weighted by molar-refractivity contribution is -0.0429. The fraction of sp³-hybridized carbons (Fsp3) is 0.364. The van der Waals surface area contributed by atoms with Crippen LogP contribution in [0.15, 0.2) is 29.4 Å². The summed E-state index contributed by atoms with van der Waals surface area (Å²) in [6.45, 7) is 1.50. The molecule has 10 heteroatoms. The van der Waals surface area contributed by atoms with E-state index in [1.54, 1.807) is 12.3 Å².